The van der Waals surface area contributed by atoms with E-state index in [1.807, 2.05) is 26.8 Å². The SMILES string of the molecule is CC(C)(C)c1cc(F)cc(NC(=O)C2CCC2)c1. The number of carbonyl (C=O) groups is 1. The van der Waals surface area contributed by atoms with Crippen LogP contribution in [-0.4, -0.2) is 5.91 Å². The van der Waals surface area contributed by atoms with Gasteiger partial charge in [-0.05, 0) is 42.0 Å². The minimum Gasteiger partial charge on any atom is -0.326 e. The van der Waals surface area contributed by atoms with Gasteiger partial charge in [0.05, 0.1) is 0 Å². The van der Waals surface area contributed by atoms with Crippen molar-refractivity contribution in [3.05, 3.63) is 29.6 Å². The Morgan fingerprint density at radius 1 is 1.28 bits per heavy atom. The van der Waals surface area contributed by atoms with E-state index < -0.39 is 0 Å². The lowest BCUT2D eigenvalue weighted by molar-refractivity contribution is -0.122. The Kier molecular flexibility index (Phi) is 3.42. The quantitative estimate of drug-likeness (QED) is 0.847. The first kappa shape index (κ1) is 13.1. The van der Waals surface area contributed by atoms with Crippen LogP contribution < -0.4 is 5.32 Å². The molecule has 18 heavy (non-hydrogen) atoms. The Morgan fingerprint density at radius 2 is 1.94 bits per heavy atom. The fraction of sp³-hybridized carbons (Fsp3) is 0.533. The number of anilines is 1. The summed E-state index contributed by atoms with van der Waals surface area (Å²) in [4.78, 5) is 11.8. The summed E-state index contributed by atoms with van der Waals surface area (Å²) in [7, 11) is 0. The van der Waals surface area contributed by atoms with E-state index in [1.165, 1.54) is 12.1 Å². The van der Waals surface area contributed by atoms with Crippen LogP contribution in [0.4, 0.5) is 10.1 Å². The summed E-state index contributed by atoms with van der Waals surface area (Å²) in [5.74, 6) is -0.163. The summed E-state index contributed by atoms with van der Waals surface area (Å²) in [5, 5.41) is 2.82. The average molecular weight is 249 g/mol. The first-order valence-corrected chi connectivity index (χ1v) is 6.48. The predicted molar refractivity (Wildman–Crippen MR) is 71.1 cm³/mol. The summed E-state index contributed by atoms with van der Waals surface area (Å²) in [6, 6.07) is 4.77. The van der Waals surface area contributed by atoms with E-state index in [-0.39, 0.29) is 23.1 Å². The van der Waals surface area contributed by atoms with E-state index in [0.717, 1.165) is 24.8 Å². The van der Waals surface area contributed by atoms with Gasteiger partial charge in [0.1, 0.15) is 5.82 Å². The van der Waals surface area contributed by atoms with Gasteiger partial charge in [-0.3, -0.25) is 4.79 Å². The smallest absolute Gasteiger partial charge is 0.227 e. The van der Waals surface area contributed by atoms with Crippen molar-refractivity contribution in [2.24, 2.45) is 5.92 Å². The van der Waals surface area contributed by atoms with Gasteiger partial charge in [-0.1, -0.05) is 27.2 Å². The van der Waals surface area contributed by atoms with Crippen LogP contribution in [0.1, 0.15) is 45.6 Å². The minimum absolute atomic E-state index is 0.0201. The zero-order valence-corrected chi connectivity index (χ0v) is 11.2. The molecule has 1 saturated carbocycles. The highest BCUT2D eigenvalue weighted by Crippen LogP contribution is 2.29. The molecule has 3 heteroatoms. The highest BCUT2D eigenvalue weighted by molar-refractivity contribution is 5.93. The van der Waals surface area contributed by atoms with Gasteiger partial charge in [0.2, 0.25) is 5.91 Å². The van der Waals surface area contributed by atoms with Crippen molar-refractivity contribution < 1.29 is 9.18 Å². The molecule has 0 radical (unpaired) electrons. The predicted octanol–water partition coefficient (Wildman–Crippen LogP) is 3.86. The van der Waals surface area contributed by atoms with E-state index in [4.69, 9.17) is 0 Å². The van der Waals surface area contributed by atoms with E-state index in [0.29, 0.717) is 5.69 Å². The molecule has 1 N–H and O–H groups in total. The molecule has 0 saturated heterocycles. The van der Waals surface area contributed by atoms with Crippen LogP contribution in [0.3, 0.4) is 0 Å². The molecule has 0 bridgehead atoms. The molecular formula is C15H20FNO. The molecule has 98 valence electrons. The first-order chi connectivity index (χ1) is 8.36. The number of rotatable bonds is 2. The lowest BCUT2D eigenvalue weighted by Gasteiger charge is -2.25. The Labute approximate surface area is 108 Å². The van der Waals surface area contributed by atoms with Gasteiger partial charge in [0.15, 0.2) is 0 Å². The van der Waals surface area contributed by atoms with Crippen molar-refractivity contribution in [3.8, 4) is 0 Å². The highest BCUT2D eigenvalue weighted by Gasteiger charge is 2.25. The van der Waals surface area contributed by atoms with Crippen molar-refractivity contribution >= 4 is 11.6 Å². The molecule has 0 unspecified atom stereocenters. The maximum absolute atomic E-state index is 13.6. The number of carbonyl (C=O) groups excluding carboxylic acids is 1. The van der Waals surface area contributed by atoms with Gasteiger partial charge in [-0.15, -0.1) is 0 Å². The van der Waals surface area contributed by atoms with Crippen LogP contribution in [0.2, 0.25) is 0 Å². The van der Waals surface area contributed by atoms with E-state index in [9.17, 15) is 9.18 Å². The molecule has 1 aliphatic rings. The summed E-state index contributed by atoms with van der Waals surface area (Å²) in [6.45, 7) is 6.08. The topological polar surface area (TPSA) is 29.1 Å². The average Bonchev–Trinajstić information content (AvgIpc) is 2.11. The second-order valence-corrected chi connectivity index (χ2v) is 6.10. The van der Waals surface area contributed by atoms with Crippen LogP contribution in [-0.2, 0) is 10.2 Å². The Hall–Kier alpha value is -1.38. The van der Waals surface area contributed by atoms with Crippen LogP contribution in [0.25, 0.3) is 0 Å². The van der Waals surface area contributed by atoms with Gasteiger partial charge in [0, 0.05) is 11.6 Å². The molecule has 2 nitrogen and oxygen atoms in total. The van der Waals surface area contributed by atoms with Crippen LogP contribution >= 0.6 is 0 Å². The fourth-order valence-corrected chi connectivity index (χ4v) is 2.01. The van der Waals surface area contributed by atoms with E-state index in [1.54, 1.807) is 0 Å². The second-order valence-electron chi connectivity index (χ2n) is 6.10. The number of nitrogens with one attached hydrogen (secondary N) is 1. The van der Waals surface area contributed by atoms with E-state index in [2.05, 4.69) is 5.32 Å². The molecule has 0 aromatic heterocycles. The van der Waals surface area contributed by atoms with Gasteiger partial charge in [0.25, 0.3) is 0 Å². The number of hydrogen-bond donors (Lipinski definition) is 1. The van der Waals surface area contributed by atoms with E-state index >= 15 is 0 Å². The highest BCUT2D eigenvalue weighted by atomic mass is 19.1. The number of halogens is 1. The maximum atomic E-state index is 13.6. The number of benzene rings is 1. The van der Waals surface area contributed by atoms with Crippen LogP contribution in [0, 0.1) is 11.7 Å². The first-order valence-electron chi connectivity index (χ1n) is 6.48. The number of amides is 1. The van der Waals surface area contributed by atoms with Crippen LogP contribution in [0.5, 0.6) is 0 Å². The third kappa shape index (κ3) is 2.89. The normalized spacial score (nSPS) is 16.2. The third-order valence-electron chi connectivity index (χ3n) is 3.51. The van der Waals surface area contributed by atoms with Gasteiger partial charge >= 0.3 is 0 Å². The Morgan fingerprint density at radius 3 is 2.44 bits per heavy atom. The lowest BCUT2D eigenvalue weighted by atomic mass is 9.84. The van der Waals surface area contributed by atoms with Gasteiger partial charge in [-0.2, -0.15) is 0 Å². The van der Waals surface area contributed by atoms with Gasteiger partial charge in [-0.25, -0.2) is 4.39 Å². The molecule has 0 atom stereocenters. The molecule has 1 fully saturated rings. The standard InChI is InChI=1S/C15H20FNO/c1-15(2,3)11-7-12(16)9-13(8-11)17-14(18)10-5-4-6-10/h7-10H,4-6H2,1-3H3,(H,17,18). The van der Waals surface area contributed by atoms with Crippen molar-refractivity contribution in [3.63, 3.8) is 0 Å². The summed E-state index contributed by atoms with van der Waals surface area (Å²) in [6.07, 6.45) is 3.02. The fourth-order valence-electron chi connectivity index (χ4n) is 2.01. The van der Waals surface area contributed by atoms with Crippen LogP contribution in [0.15, 0.2) is 18.2 Å². The third-order valence-corrected chi connectivity index (χ3v) is 3.51. The summed E-state index contributed by atoms with van der Waals surface area (Å²) < 4.78 is 13.6. The van der Waals surface area contributed by atoms with Crippen molar-refractivity contribution in [2.45, 2.75) is 45.4 Å². The summed E-state index contributed by atoms with van der Waals surface area (Å²) in [5.41, 5.74) is 1.33. The molecule has 0 spiro atoms. The maximum Gasteiger partial charge on any atom is 0.227 e. The molecule has 1 aromatic carbocycles. The van der Waals surface area contributed by atoms with Crippen molar-refractivity contribution in [1.82, 2.24) is 0 Å². The summed E-state index contributed by atoms with van der Waals surface area (Å²) >= 11 is 0. The Balaban J connectivity index is 2.17. The van der Waals surface area contributed by atoms with Crippen molar-refractivity contribution in [2.75, 3.05) is 5.32 Å². The molecule has 1 aliphatic carbocycles. The lowest BCUT2D eigenvalue weighted by Crippen LogP contribution is -2.28. The monoisotopic (exact) mass is 249 g/mol. The molecular weight excluding hydrogens is 229 g/mol. The molecule has 2 rings (SSSR count). The largest absolute Gasteiger partial charge is 0.326 e. The van der Waals surface area contributed by atoms with Gasteiger partial charge < -0.3 is 5.32 Å². The Bertz CT molecular complexity index is 458. The zero-order valence-electron chi connectivity index (χ0n) is 11.2. The van der Waals surface area contributed by atoms with Crippen molar-refractivity contribution in [1.29, 1.82) is 0 Å². The number of hydrogen-bond acceptors (Lipinski definition) is 1. The molecule has 0 aliphatic heterocycles. The molecule has 1 aromatic rings. The second kappa shape index (κ2) is 4.71. The molecule has 0 heterocycles. The zero-order chi connectivity index (χ0) is 13.3. The molecule has 1 amide bonds. The minimum atomic E-state index is -0.300.